The Hall–Kier alpha value is -3.42. The van der Waals surface area contributed by atoms with Crippen molar-refractivity contribution in [1.29, 1.82) is 0 Å². The predicted octanol–water partition coefficient (Wildman–Crippen LogP) is 4.96. The second kappa shape index (κ2) is 9.39. The van der Waals surface area contributed by atoms with Crippen molar-refractivity contribution >= 4 is 40.7 Å². The molecule has 6 nitrogen and oxygen atoms in total. The summed E-state index contributed by atoms with van der Waals surface area (Å²) in [6, 6.07) is 19.3. The van der Waals surface area contributed by atoms with Crippen LogP contribution in [0.15, 0.2) is 76.7 Å². The molecule has 0 aliphatic carbocycles. The number of fused-ring (bicyclic) bond motifs is 1. The Labute approximate surface area is 178 Å². The third kappa shape index (κ3) is 4.59. The molecular formula is C23H20N4O2S. The van der Waals surface area contributed by atoms with Crippen molar-refractivity contribution in [2.24, 2.45) is 0 Å². The average molecular weight is 417 g/mol. The first-order valence-corrected chi connectivity index (χ1v) is 10.3. The topological polar surface area (TPSA) is 79.9 Å². The largest absolute Gasteiger partial charge is 0.277 e. The fraction of sp³-hybridized carbons (Fsp3) is 0.0870. The van der Waals surface area contributed by atoms with Crippen LogP contribution in [0.2, 0.25) is 0 Å². The zero-order chi connectivity index (χ0) is 20.8. The number of rotatable bonds is 7. The smallest absolute Gasteiger partial charge is 0.275 e. The third-order valence-electron chi connectivity index (χ3n) is 4.33. The van der Waals surface area contributed by atoms with Gasteiger partial charge in [-0.2, -0.15) is 5.10 Å². The molecule has 0 unspecified atom stereocenters. The SMILES string of the molecule is CCONC(=O)c1ccccc1Sc1ccc2c(C=Cc3ccccn3)n[nH]c2c1. The molecule has 4 aromatic rings. The number of hydrogen-bond acceptors (Lipinski definition) is 5. The molecule has 7 heteroatoms. The molecule has 1 amide bonds. The predicted molar refractivity (Wildman–Crippen MR) is 119 cm³/mol. The molecule has 0 saturated heterocycles. The van der Waals surface area contributed by atoms with Gasteiger partial charge in [-0.1, -0.05) is 30.0 Å². The van der Waals surface area contributed by atoms with Gasteiger partial charge in [0, 0.05) is 21.4 Å². The lowest BCUT2D eigenvalue weighted by atomic mass is 10.2. The van der Waals surface area contributed by atoms with Gasteiger partial charge in [-0.15, -0.1) is 0 Å². The lowest BCUT2D eigenvalue weighted by Crippen LogP contribution is -2.24. The van der Waals surface area contributed by atoms with Crippen LogP contribution >= 0.6 is 11.8 Å². The summed E-state index contributed by atoms with van der Waals surface area (Å²) in [6.45, 7) is 2.23. The van der Waals surface area contributed by atoms with Crippen molar-refractivity contribution < 1.29 is 9.63 Å². The van der Waals surface area contributed by atoms with Crippen LogP contribution in [-0.4, -0.2) is 27.7 Å². The van der Waals surface area contributed by atoms with Crippen LogP contribution in [0.1, 0.15) is 28.7 Å². The first-order valence-electron chi connectivity index (χ1n) is 9.51. The van der Waals surface area contributed by atoms with Gasteiger partial charge in [-0.3, -0.25) is 19.7 Å². The Balaban J connectivity index is 1.56. The van der Waals surface area contributed by atoms with Gasteiger partial charge in [0.1, 0.15) is 0 Å². The van der Waals surface area contributed by atoms with E-state index in [2.05, 4.69) is 20.7 Å². The Morgan fingerprint density at radius 2 is 2.00 bits per heavy atom. The van der Waals surface area contributed by atoms with Crippen LogP contribution < -0.4 is 5.48 Å². The number of nitrogens with zero attached hydrogens (tertiary/aromatic N) is 2. The lowest BCUT2D eigenvalue weighted by molar-refractivity contribution is 0.0362. The zero-order valence-electron chi connectivity index (χ0n) is 16.3. The van der Waals surface area contributed by atoms with Crippen molar-refractivity contribution in [3.8, 4) is 0 Å². The minimum atomic E-state index is -0.260. The van der Waals surface area contributed by atoms with E-state index in [1.807, 2.05) is 73.7 Å². The number of aromatic nitrogens is 3. The van der Waals surface area contributed by atoms with E-state index in [4.69, 9.17) is 4.84 Å². The second-order valence-corrected chi connectivity index (χ2v) is 7.48. The number of nitrogens with one attached hydrogen (secondary N) is 2. The van der Waals surface area contributed by atoms with Crippen LogP contribution in [0, 0.1) is 0 Å². The first kappa shape index (κ1) is 19.9. The highest BCUT2D eigenvalue weighted by atomic mass is 32.2. The van der Waals surface area contributed by atoms with Crippen molar-refractivity contribution in [3.05, 3.63) is 83.8 Å². The molecule has 0 saturated carbocycles. The van der Waals surface area contributed by atoms with Crippen LogP contribution in [0.5, 0.6) is 0 Å². The van der Waals surface area contributed by atoms with Gasteiger partial charge in [0.25, 0.3) is 5.91 Å². The van der Waals surface area contributed by atoms with Crippen molar-refractivity contribution in [2.45, 2.75) is 16.7 Å². The highest BCUT2D eigenvalue weighted by Crippen LogP contribution is 2.32. The molecule has 4 rings (SSSR count). The maximum Gasteiger partial charge on any atom is 0.275 e. The maximum atomic E-state index is 12.3. The van der Waals surface area contributed by atoms with Crippen LogP contribution in [-0.2, 0) is 4.84 Å². The Morgan fingerprint density at radius 1 is 1.13 bits per heavy atom. The van der Waals surface area contributed by atoms with Crippen LogP contribution in [0.4, 0.5) is 0 Å². The van der Waals surface area contributed by atoms with E-state index in [9.17, 15) is 4.79 Å². The molecule has 150 valence electrons. The minimum absolute atomic E-state index is 0.260. The quantitative estimate of drug-likeness (QED) is 0.416. The maximum absolute atomic E-state index is 12.3. The summed E-state index contributed by atoms with van der Waals surface area (Å²) in [5.74, 6) is -0.260. The van der Waals surface area contributed by atoms with Gasteiger partial charge in [-0.05, 0) is 61.5 Å². The summed E-state index contributed by atoms with van der Waals surface area (Å²) in [5.41, 5.74) is 5.68. The zero-order valence-corrected chi connectivity index (χ0v) is 17.1. The standard InChI is InChI=1S/C23H20N4O2S/c1-2-29-27-23(28)19-8-3-4-9-22(19)30-17-11-12-18-20(25-26-21(18)15-17)13-10-16-7-5-6-14-24-16/h3-15H,2H2,1H3,(H,25,26)(H,27,28). The Kier molecular flexibility index (Phi) is 6.22. The fourth-order valence-corrected chi connectivity index (χ4v) is 3.90. The Morgan fingerprint density at radius 3 is 2.83 bits per heavy atom. The average Bonchev–Trinajstić information content (AvgIpc) is 3.19. The van der Waals surface area contributed by atoms with Gasteiger partial charge in [-0.25, -0.2) is 5.48 Å². The van der Waals surface area contributed by atoms with E-state index in [1.54, 1.807) is 12.3 Å². The molecule has 0 radical (unpaired) electrons. The molecule has 0 aliphatic rings. The van der Waals surface area contributed by atoms with E-state index in [-0.39, 0.29) is 5.91 Å². The molecule has 0 atom stereocenters. The summed E-state index contributed by atoms with van der Waals surface area (Å²) >= 11 is 1.52. The van der Waals surface area contributed by atoms with Gasteiger partial charge in [0.2, 0.25) is 0 Å². The number of H-pyrrole nitrogens is 1. The molecule has 0 aliphatic heterocycles. The monoisotopic (exact) mass is 416 g/mol. The summed E-state index contributed by atoms with van der Waals surface area (Å²) < 4.78 is 0. The van der Waals surface area contributed by atoms with Gasteiger partial charge >= 0.3 is 0 Å². The molecule has 2 aromatic heterocycles. The molecule has 2 heterocycles. The molecule has 2 N–H and O–H groups in total. The number of amides is 1. The minimum Gasteiger partial charge on any atom is -0.277 e. The normalized spacial score (nSPS) is 11.2. The molecule has 0 spiro atoms. The van der Waals surface area contributed by atoms with E-state index in [0.717, 1.165) is 32.1 Å². The number of aromatic amines is 1. The number of pyridine rings is 1. The van der Waals surface area contributed by atoms with E-state index in [1.165, 1.54) is 11.8 Å². The number of hydrogen-bond donors (Lipinski definition) is 2. The van der Waals surface area contributed by atoms with E-state index >= 15 is 0 Å². The second-order valence-electron chi connectivity index (χ2n) is 6.37. The molecule has 0 bridgehead atoms. The number of hydroxylamine groups is 1. The molecule has 2 aromatic carbocycles. The molecule has 0 fully saturated rings. The van der Waals surface area contributed by atoms with Crippen molar-refractivity contribution in [2.75, 3.05) is 6.61 Å². The van der Waals surface area contributed by atoms with Gasteiger partial charge < -0.3 is 0 Å². The summed E-state index contributed by atoms with van der Waals surface area (Å²) in [7, 11) is 0. The van der Waals surface area contributed by atoms with Crippen LogP contribution in [0.3, 0.4) is 0 Å². The third-order valence-corrected chi connectivity index (χ3v) is 5.40. The summed E-state index contributed by atoms with van der Waals surface area (Å²) in [4.78, 5) is 23.5. The Bertz CT molecular complexity index is 1190. The highest BCUT2D eigenvalue weighted by Gasteiger charge is 2.13. The fourth-order valence-electron chi connectivity index (χ4n) is 2.91. The number of benzene rings is 2. The van der Waals surface area contributed by atoms with Gasteiger partial charge in [0.15, 0.2) is 0 Å². The van der Waals surface area contributed by atoms with Crippen molar-refractivity contribution in [3.63, 3.8) is 0 Å². The number of carbonyl (C=O) groups excluding carboxylic acids is 1. The highest BCUT2D eigenvalue weighted by molar-refractivity contribution is 7.99. The van der Waals surface area contributed by atoms with Gasteiger partial charge in [0.05, 0.1) is 29.1 Å². The van der Waals surface area contributed by atoms with Crippen molar-refractivity contribution in [1.82, 2.24) is 20.7 Å². The number of carbonyl (C=O) groups is 1. The summed E-state index contributed by atoms with van der Waals surface area (Å²) in [5, 5.41) is 8.51. The lowest BCUT2D eigenvalue weighted by Gasteiger charge is -2.09. The van der Waals surface area contributed by atoms with Crippen LogP contribution in [0.25, 0.3) is 23.1 Å². The molecule has 30 heavy (non-hydrogen) atoms. The molecular weight excluding hydrogens is 396 g/mol. The van der Waals surface area contributed by atoms with E-state index in [0.29, 0.717) is 12.2 Å². The first-order chi connectivity index (χ1) is 14.7. The summed E-state index contributed by atoms with van der Waals surface area (Å²) in [6.07, 6.45) is 5.64. The van der Waals surface area contributed by atoms with E-state index < -0.39 is 0 Å².